The van der Waals surface area contributed by atoms with Gasteiger partial charge >= 0.3 is 5.97 Å². The first-order chi connectivity index (χ1) is 31.5. The van der Waals surface area contributed by atoms with Crippen molar-refractivity contribution >= 4 is 11.9 Å². The number of ether oxygens (including phenoxy) is 1. The molecule has 0 radical (unpaired) electrons. The first-order valence-corrected chi connectivity index (χ1v) is 27.2. The molecule has 0 spiro atoms. The quantitative estimate of drug-likeness (QED) is 0.0321. The summed E-state index contributed by atoms with van der Waals surface area (Å²) < 4.78 is 5.93. The van der Waals surface area contributed by atoms with Crippen LogP contribution >= 0.6 is 0 Å². The van der Waals surface area contributed by atoms with Crippen LogP contribution in [0.1, 0.15) is 258 Å². The maximum absolute atomic E-state index is 13.2. The molecule has 0 aromatic rings. The van der Waals surface area contributed by atoms with E-state index in [0.717, 1.165) is 109 Å². The molecule has 0 heterocycles. The Kier molecular flexibility index (Phi) is 49.1. The van der Waals surface area contributed by atoms with Gasteiger partial charge in [0.1, 0.15) is 6.10 Å². The van der Waals surface area contributed by atoms with E-state index in [1.807, 2.05) is 0 Å². The second kappa shape index (κ2) is 51.3. The van der Waals surface area contributed by atoms with Gasteiger partial charge in [-0.1, -0.05) is 222 Å². The van der Waals surface area contributed by atoms with Gasteiger partial charge in [-0.05, 0) is 96.3 Å². The van der Waals surface area contributed by atoms with Gasteiger partial charge in [0.2, 0.25) is 5.91 Å². The van der Waals surface area contributed by atoms with Crippen molar-refractivity contribution in [1.82, 2.24) is 5.32 Å². The summed E-state index contributed by atoms with van der Waals surface area (Å²) in [7, 11) is 0. The average molecular weight is 894 g/mol. The van der Waals surface area contributed by atoms with Crippen LogP contribution in [0.15, 0.2) is 72.9 Å². The van der Waals surface area contributed by atoms with Crippen LogP contribution in [-0.4, -0.2) is 46.9 Å². The van der Waals surface area contributed by atoms with Gasteiger partial charge < -0.3 is 20.3 Å². The number of carbonyl (C=O) groups excluding carboxylic acids is 2. The monoisotopic (exact) mass is 894 g/mol. The zero-order chi connectivity index (χ0) is 46.7. The molecule has 0 aliphatic rings. The minimum atomic E-state index is -0.799. The fourth-order valence-electron chi connectivity index (χ4n) is 7.92. The number of esters is 1. The molecule has 0 aromatic carbocycles. The molecular formula is C58H103NO5. The number of allylic oxidation sites excluding steroid dienone is 12. The molecular weight excluding hydrogens is 791 g/mol. The van der Waals surface area contributed by atoms with Crippen LogP contribution in [0, 0.1) is 0 Å². The molecule has 64 heavy (non-hydrogen) atoms. The smallest absolute Gasteiger partial charge is 0.306 e. The number of aliphatic hydroxyl groups excluding tert-OH is 2. The molecule has 6 nitrogen and oxygen atoms in total. The summed E-state index contributed by atoms with van der Waals surface area (Å²) in [6, 6.07) is -0.714. The normalized spacial score (nSPS) is 13.8. The van der Waals surface area contributed by atoms with Crippen molar-refractivity contribution in [2.24, 2.45) is 0 Å². The SMILES string of the molecule is CC/C=C/C/C=C/C/C=C/CCCCCCC(CC(=O)NC(CO)C(O)CCCCCCCCCCCCCC)OC(=O)CCCCCCCC/C=C\C/C=C\C/C=C\CCCCC. The van der Waals surface area contributed by atoms with E-state index in [2.05, 4.69) is 99.0 Å². The Morgan fingerprint density at radius 1 is 0.469 bits per heavy atom. The standard InChI is InChI=1S/C58H103NO5/c1-4-7-10-13-16-19-22-25-27-28-29-30-31-33-36-39-42-45-48-51-58(63)64-54(49-46-43-40-37-34-32-26-23-20-17-14-11-8-5-2)52-57(62)59-55(53-60)56(61)50-47-44-41-38-35-24-21-18-15-12-9-6-3/h8,11,16-17,19-20,25-27,29-30,32,54-56,60-61H,4-7,9-10,12-15,18,21-24,28,31,33-53H2,1-3H3,(H,59,62)/b11-8+,19-16-,20-17+,27-25-,30-29-,32-26+. The van der Waals surface area contributed by atoms with E-state index in [0.29, 0.717) is 19.3 Å². The molecule has 0 rings (SSSR count). The first-order valence-electron chi connectivity index (χ1n) is 27.2. The van der Waals surface area contributed by atoms with Crippen LogP contribution in [0.4, 0.5) is 0 Å². The van der Waals surface area contributed by atoms with E-state index in [4.69, 9.17) is 4.74 Å². The molecule has 3 N–H and O–H groups in total. The van der Waals surface area contributed by atoms with Crippen molar-refractivity contribution in [3.05, 3.63) is 72.9 Å². The summed E-state index contributed by atoms with van der Waals surface area (Å²) in [5, 5.41) is 23.8. The highest BCUT2D eigenvalue weighted by Crippen LogP contribution is 2.17. The molecule has 0 saturated heterocycles. The Morgan fingerprint density at radius 3 is 1.31 bits per heavy atom. The number of rotatable bonds is 48. The van der Waals surface area contributed by atoms with Gasteiger partial charge in [0.15, 0.2) is 0 Å². The lowest BCUT2D eigenvalue weighted by Crippen LogP contribution is -2.46. The lowest BCUT2D eigenvalue weighted by molar-refractivity contribution is -0.151. The highest BCUT2D eigenvalue weighted by atomic mass is 16.5. The van der Waals surface area contributed by atoms with Gasteiger partial charge in [-0.25, -0.2) is 0 Å². The summed E-state index contributed by atoms with van der Waals surface area (Å²) in [6.07, 6.45) is 65.3. The summed E-state index contributed by atoms with van der Waals surface area (Å²) >= 11 is 0. The highest BCUT2D eigenvalue weighted by Gasteiger charge is 2.24. The highest BCUT2D eigenvalue weighted by molar-refractivity contribution is 5.77. The molecule has 6 heteroatoms. The van der Waals surface area contributed by atoms with Gasteiger partial charge in [0, 0.05) is 6.42 Å². The maximum Gasteiger partial charge on any atom is 0.306 e. The summed E-state index contributed by atoms with van der Waals surface area (Å²) in [5.74, 6) is -0.510. The molecule has 0 bridgehead atoms. The molecule has 370 valence electrons. The minimum Gasteiger partial charge on any atom is -0.462 e. The Morgan fingerprint density at radius 2 is 0.844 bits per heavy atom. The van der Waals surface area contributed by atoms with Crippen molar-refractivity contribution in [2.45, 2.75) is 277 Å². The van der Waals surface area contributed by atoms with Crippen molar-refractivity contribution < 1.29 is 24.5 Å². The van der Waals surface area contributed by atoms with E-state index < -0.39 is 18.2 Å². The van der Waals surface area contributed by atoms with E-state index in [1.165, 1.54) is 103 Å². The third-order valence-corrected chi connectivity index (χ3v) is 12.0. The summed E-state index contributed by atoms with van der Waals surface area (Å²) in [4.78, 5) is 26.2. The van der Waals surface area contributed by atoms with Crippen LogP contribution in [-0.2, 0) is 14.3 Å². The number of hydrogen-bond donors (Lipinski definition) is 3. The van der Waals surface area contributed by atoms with Crippen LogP contribution in [0.25, 0.3) is 0 Å². The van der Waals surface area contributed by atoms with Crippen molar-refractivity contribution in [3.8, 4) is 0 Å². The van der Waals surface area contributed by atoms with E-state index >= 15 is 0 Å². The average Bonchev–Trinajstić information content (AvgIpc) is 3.29. The number of amides is 1. The van der Waals surface area contributed by atoms with Gasteiger partial charge in [0.25, 0.3) is 0 Å². The number of unbranched alkanes of at least 4 members (excludes halogenated alkanes) is 24. The van der Waals surface area contributed by atoms with Gasteiger partial charge in [0.05, 0.1) is 25.2 Å². The summed E-state index contributed by atoms with van der Waals surface area (Å²) in [5.41, 5.74) is 0. The molecule has 1 amide bonds. The lowest BCUT2D eigenvalue weighted by Gasteiger charge is -2.24. The van der Waals surface area contributed by atoms with Crippen LogP contribution in [0.2, 0.25) is 0 Å². The van der Waals surface area contributed by atoms with Crippen molar-refractivity contribution in [1.29, 1.82) is 0 Å². The van der Waals surface area contributed by atoms with E-state index in [-0.39, 0.29) is 24.9 Å². The second-order valence-electron chi connectivity index (χ2n) is 18.2. The number of nitrogens with one attached hydrogen (secondary N) is 1. The first kappa shape index (κ1) is 61.3. The van der Waals surface area contributed by atoms with Gasteiger partial charge in [-0.2, -0.15) is 0 Å². The molecule has 0 saturated carbocycles. The number of aliphatic hydroxyl groups is 2. The molecule has 0 aliphatic heterocycles. The van der Waals surface area contributed by atoms with Crippen LogP contribution in [0.3, 0.4) is 0 Å². The molecule has 0 aliphatic carbocycles. The Hall–Kier alpha value is -2.70. The van der Waals surface area contributed by atoms with Crippen LogP contribution < -0.4 is 5.32 Å². The van der Waals surface area contributed by atoms with Gasteiger partial charge in [-0.3, -0.25) is 9.59 Å². The van der Waals surface area contributed by atoms with Crippen molar-refractivity contribution in [2.75, 3.05) is 6.61 Å². The predicted octanol–water partition coefficient (Wildman–Crippen LogP) is 16.6. The third-order valence-electron chi connectivity index (χ3n) is 12.0. The number of carbonyl (C=O) groups is 2. The van der Waals surface area contributed by atoms with Crippen LogP contribution in [0.5, 0.6) is 0 Å². The zero-order valence-electron chi connectivity index (χ0n) is 42.1. The predicted molar refractivity (Wildman–Crippen MR) is 278 cm³/mol. The fourth-order valence-corrected chi connectivity index (χ4v) is 7.92. The maximum atomic E-state index is 13.2. The second-order valence-corrected chi connectivity index (χ2v) is 18.2. The number of hydrogen-bond acceptors (Lipinski definition) is 5. The fraction of sp³-hybridized carbons (Fsp3) is 0.759. The Labute approximate surface area is 396 Å². The molecule has 0 aromatic heterocycles. The largest absolute Gasteiger partial charge is 0.462 e. The molecule has 3 unspecified atom stereocenters. The third kappa shape index (κ3) is 45.9. The minimum absolute atomic E-state index is 0.0549. The van der Waals surface area contributed by atoms with E-state index in [9.17, 15) is 19.8 Å². The molecule has 0 fully saturated rings. The van der Waals surface area contributed by atoms with Gasteiger partial charge in [-0.15, -0.1) is 0 Å². The Balaban J connectivity index is 4.61. The molecule has 3 atom stereocenters. The van der Waals surface area contributed by atoms with E-state index in [1.54, 1.807) is 0 Å². The zero-order valence-corrected chi connectivity index (χ0v) is 42.1. The lowest BCUT2D eigenvalue weighted by atomic mass is 10.0. The van der Waals surface area contributed by atoms with Crippen molar-refractivity contribution in [3.63, 3.8) is 0 Å². The Bertz CT molecular complexity index is 1190. The topological polar surface area (TPSA) is 95.9 Å². The summed E-state index contributed by atoms with van der Waals surface area (Å²) in [6.45, 7) is 6.34.